The van der Waals surface area contributed by atoms with Gasteiger partial charge in [0.15, 0.2) is 0 Å². The Hall–Kier alpha value is -2.08. The Balaban J connectivity index is 3.03. The molecule has 98 valence electrons. The van der Waals surface area contributed by atoms with Crippen LogP contribution in [0.15, 0.2) is 24.3 Å². The van der Waals surface area contributed by atoms with Crippen molar-refractivity contribution in [1.82, 2.24) is 0 Å². The van der Waals surface area contributed by atoms with Crippen LogP contribution < -0.4 is 10.6 Å². The number of carbonyl (C=O) groups is 2. The Morgan fingerprint density at radius 1 is 1.39 bits per heavy atom. The summed E-state index contributed by atoms with van der Waals surface area (Å²) in [6, 6.07) is 6.64. The normalized spacial score (nSPS) is 10.1. The third-order valence-corrected chi connectivity index (χ3v) is 2.40. The third kappa shape index (κ3) is 3.74. The minimum absolute atomic E-state index is 0.215. The van der Waals surface area contributed by atoms with Gasteiger partial charge in [0.2, 0.25) is 0 Å². The molecule has 6 heteroatoms. The van der Waals surface area contributed by atoms with E-state index in [1.807, 2.05) is 0 Å². The molecule has 1 rings (SSSR count). The van der Waals surface area contributed by atoms with Gasteiger partial charge in [0.1, 0.15) is 6.54 Å². The van der Waals surface area contributed by atoms with Crippen LogP contribution in [0.25, 0.3) is 0 Å². The SMILES string of the molecule is COCCN(CC(=O)O)c1ccccc1C(N)=O. The molecule has 0 unspecified atom stereocenters. The van der Waals surface area contributed by atoms with Crippen molar-refractivity contribution in [2.24, 2.45) is 5.73 Å². The zero-order chi connectivity index (χ0) is 13.5. The van der Waals surface area contributed by atoms with Crippen LogP contribution in [-0.2, 0) is 9.53 Å². The molecule has 0 saturated carbocycles. The molecule has 0 radical (unpaired) electrons. The van der Waals surface area contributed by atoms with E-state index < -0.39 is 11.9 Å². The summed E-state index contributed by atoms with van der Waals surface area (Å²) in [5.74, 6) is -1.57. The van der Waals surface area contributed by atoms with Gasteiger partial charge in [-0.05, 0) is 12.1 Å². The zero-order valence-corrected chi connectivity index (χ0v) is 10.1. The fourth-order valence-corrected chi connectivity index (χ4v) is 1.61. The van der Waals surface area contributed by atoms with Gasteiger partial charge >= 0.3 is 5.97 Å². The van der Waals surface area contributed by atoms with Crippen molar-refractivity contribution in [1.29, 1.82) is 0 Å². The second-order valence-electron chi connectivity index (χ2n) is 3.69. The van der Waals surface area contributed by atoms with E-state index >= 15 is 0 Å². The predicted molar refractivity (Wildman–Crippen MR) is 66.7 cm³/mol. The highest BCUT2D eigenvalue weighted by Crippen LogP contribution is 2.19. The van der Waals surface area contributed by atoms with Crippen molar-refractivity contribution < 1.29 is 19.4 Å². The number of nitrogens with zero attached hydrogens (tertiary/aromatic N) is 1. The lowest BCUT2D eigenvalue weighted by molar-refractivity contribution is -0.135. The molecular weight excluding hydrogens is 236 g/mol. The van der Waals surface area contributed by atoms with Crippen LogP contribution in [0.3, 0.4) is 0 Å². The molecule has 0 spiro atoms. The lowest BCUT2D eigenvalue weighted by Crippen LogP contribution is -2.34. The summed E-state index contributed by atoms with van der Waals surface area (Å²) < 4.78 is 4.92. The molecule has 1 aromatic rings. The van der Waals surface area contributed by atoms with Crippen LogP contribution in [0.2, 0.25) is 0 Å². The molecule has 0 heterocycles. The molecule has 1 aromatic carbocycles. The van der Waals surface area contributed by atoms with Crippen molar-refractivity contribution in [3.8, 4) is 0 Å². The molecule has 0 aliphatic carbocycles. The van der Waals surface area contributed by atoms with Gasteiger partial charge in [-0.15, -0.1) is 0 Å². The summed E-state index contributed by atoms with van der Waals surface area (Å²) in [6.07, 6.45) is 0. The highest BCUT2D eigenvalue weighted by Gasteiger charge is 2.16. The number of benzene rings is 1. The number of hydrogen-bond donors (Lipinski definition) is 2. The maximum absolute atomic E-state index is 11.3. The predicted octanol–water partition coefficient (Wildman–Crippen LogP) is 0.323. The van der Waals surface area contributed by atoms with Crippen LogP contribution in [0.1, 0.15) is 10.4 Å². The summed E-state index contributed by atoms with van der Waals surface area (Å²) in [6.45, 7) is 0.515. The number of ether oxygens (including phenoxy) is 1. The maximum Gasteiger partial charge on any atom is 0.323 e. The molecule has 0 saturated heterocycles. The van der Waals surface area contributed by atoms with Gasteiger partial charge in [-0.1, -0.05) is 12.1 Å². The van der Waals surface area contributed by atoms with E-state index in [4.69, 9.17) is 15.6 Å². The molecule has 1 amide bonds. The molecule has 3 N–H and O–H groups in total. The van der Waals surface area contributed by atoms with Gasteiger partial charge in [0, 0.05) is 13.7 Å². The fourth-order valence-electron chi connectivity index (χ4n) is 1.61. The highest BCUT2D eigenvalue weighted by atomic mass is 16.5. The van der Waals surface area contributed by atoms with Gasteiger partial charge in [0.05, 0.1) is 17.9 Å². The molecule has 0 atom stereocenters. The van der Waals surface area contributed by atoms with Gasteiger partial charge in [-0.25, -0.2) is 0 Å². The van der Waals surface area contributed by atoms with E-state index in [2.05, 4.69) is 0 Å². The Kier molecular flexibility index (Phi) is 5.13. The van der Waals surface area contributed by atoms with Crippen LogP contribution in [0.5, 0.6) is 0 Å². The van der Waals surface area contributed by atoms with Crippen molar-refractivity contribution in [3.05, 3.63) is 29.8 Å². The highest BCUT2D eigenvalue weighted by molar-refractivity contribution is 5.99. The minimum Gasteiger partial charge on any atom is -0.480 e. The Labute approximate surface area is 105 Å². The van der Waals surface area contributed by atoms with Gasteiger partial charge in [-0.2, -0.15) is 0 Å². The molecule has 0 bridgehead atoms. The monoisotopic (exact) mass is 252 g/mol. The number of carboxylic acid groups (broad SMARTS) is 1. The van der Waals surface area contributed by atoms with Gasteiger partial charge in [-0.3, -0.25) is 9.59 Å². The van der Waals surface area contributed by atoms with E-state index in [1.54, 1.807) is 29.2 Å². The Morgan fingerprint density at radius 2 is 2.06 bits per heavy atom. The molecule has 0 aliphatic heterocycles. The number of rotatable bonds is 7. The van der Waals surface area contributed by atoms with Crippen LogP contribution >= 0.6 is 0 Å². The topological polar surface area (TPSA) is 92.9 Å². The number of carboxylic acids is 1. The van der Waals surface area contributed by atoms with Crippen molar-refractivity contribution >= 4 is 17.6 Å². The summed E-state index contributed by atoms with van der Waals surface area (Å²) in [4.78, 5) is 23.7. The average molecular weight is 252 g/mol. The fraction of sp³-hybridized carbons (Fsp3) is 0.333. The second-order valence-corrected chi connectivity index (χ2v) is 3.69. The van der Waals surface area contributed by atoms with Gasteiger partial charge < -0.3 is 20.5 Å². The molecule has 0 aromatic heterocycles. The summed E-state index contributed by atoms with van der Waals surface area (Å²) in [7, 11) is 1.53. The van der Waals surface area contributed by atoms with Crippen LogP contribution in [0, 0.1) is 0 Å². The molecule has 18 heavy (non-hydrogen) atoms. The number of aliphatic carboxylic acids is 1. The first-order valence-electron chi connectivity index (χ1n) is 5.40. The van der Waals surface area contributed by atoms with Crippen molar-refractivity contribution in [3.63, 3.8) is 0 Å². The van der Waals surface area contributed by atoms with Crippen molar-refractivity contribution in [2.45, 2.75) is 0 Å². The molecule has 6 nitrogen and oxygen atoms in total. The Morgan fingerprint density at radius 3 is 2.61 bits per heavy atom. The number of carbonyl (C=O) groups excluding carboxylic acids is 1. The minimum atomic E-state index is -0.981. The summed E-state index contributed by atoms with van der Waals surface area (Å²) >= 11 is 0. The van der Waals surface area contributed by atoms with E-state index in [-0.39, 0.29) is 6.54 Å². The lowest BCUT2D eigenvalue weighted by Gasteiger charge is -2.24. The molecule has 0 fully saturated rings. The van der Waals surface area contributed by atoms with E-state index in [1.165, 1.54) is 7.11 Å². The van der Waals surface area contributed by atoms with Crippen LogP contribution in [0.4, 0.5) is 5.69 Å². The molecular formula is C12H16N2O4. The number of hydrogen-bond acceptors (Lipinski definition) is 4. The number of para-hydroxylation sites is 1. The smallest absolute Gasteiger partial charge is 0.323 e. The Bertz CT molecular complexity index is 434. The number of methoxy groups -OCH3 is 1. The first-order chi connectivity index (χ1) is 8.56. The number of amides is 1. The van der Waals surface area contributed by atoms with E-state index in [0.29, 0.717) is 24.4 Å². The van der Waals surface area contributed by atoms with Crippen LogP contribution in [-0.4, -0.2) is 43.8 Å². The number of anilines is 1. The van der Waals surface area contributed by atoms with E-state index in [0.717, 1.165) is 0 Å². The number of primary amides is 1. The largest absolute Gasteiger partial charge is 0.480 e. The molecule has 0 aliphatic rings. The second kappa shape index (κ2) is 6.61. The number of nitrogens with two attached hydrogens (primary N) is 1. The van der Waals surface area contributed by atoms with E-state index in [9.17, 15) is 9.59 Å². The summed E-state index contributed by atoms with van der Waals surface area (Å²) in [5, 5.41) is 8.88. The lowest BCUT2D eigenvalue weighted by atomic mass is 10.1. The van der Waals surface area contributed by atoms with Crippen molar-refractivity contribution in [2.75, 3.05) is 31.7 Å². The zero-order valence-electron chi connectivity index (χ0n) is 10.1. The first-order valence-corrected chi connectivity index (χ1v) is 5.40. The maximum atomic E-state index is 11.3. The summed E-state index contributed by atoms with van der Waals surface area (Å²) in [5.41, 5.74) is 6.07. The third-order valence-electron chi connectivity index (χ3n) is 2.40. The standard InChI is InChI=1S/C12H16N2O4/c1-18-7-6-14(8-11(15)16)10-5-3-2-4-9(10)12(13)17/h2-5H,6-8H2,1H3,(H2,13,17)(H,15,16). The first kappa shape index (κ1) is 14.0. The average Bonchev–Trinajstić information content (AvgIpc) is 2.34. The van der Waals surface area contributed by atoms with Gasteiger partial charge in [0.25, 0.3) is 5.91 Å². The quantitative estimate of drug-likeness (QED) is 0.729.